The molecule has 0 bridgehead atoms. The van der Waals surface area contributed by atoms with Gasteiger partial charge in [-0.05, 0) is 25.5 Å². The number of hydrogen-bond donors (Lipinski definition) is 1. The molecule has 2 rings (SSSR count). The Hall–Kier alpha value is -1.61. The predicted molar refractivity (Wildman–Crippen MR) is 76.5 cm³/mol. The molecule has 0 fully saturated rings. The van der Waals surface area contributed by atoms with Crippen molar-refractivity contribution in [1.82, 2.24) is 14.9 Å². The van der Waals surface area contributed by atoms with Gasteiger partial charge in [-0.25, -0.2) is 4.98 Å². The van der Waals surface area contributed by atoms with E-state index in [0.29, 0.717) is 6.04 Å². The highest BCUT2D eigenvalue weighted by Crippen LogP contribution is 2.16. The number of aromatic nitrogens is 2. The molecule has 3 nitrogen and oxygen atoms in total. The van der Waals surface area contributed by atoms with Gasteiger partial charge in [-0.15, -0.1) is 6.58 Å². The Morgan fingerprint density at radius 3 is 2.94 bits per heavy atom. The lowest BCUT2D eigenvalue weighted by Crippen LogP contribution is -2.25. The number of nitrogens with zero attached hydrogens (tertiary/aromatic N) is 2. The summed E-state index contributed by atoms with van der Waals surface area (Å²) >= 11 is 0. The van der Waals surface area contributed by atoms with E-state index in [-0.39, 0.29) is 0 Å². The van der Waals surface area contributed by atoms with E-state index in [1.165, 1.54) is 5.52 Å². The molecule has 1 aromatic heterocycles. The SMILES string of the molecule is C=CC(C)NCc1nc2ccccc2n1CCC. The third-order valence-corrected chi connectivity index (χ3v) is 3.12. The van der Waals surface area contributed by atoms with Gasteiger partial charge in [0.2, 0.25) is 0 Å². The molecule has 0 amide bonds. The van der Waals surface area contributed by atoms with Gasteiger partial charge in [0.1, 0.15) is 5.82 Å². The minimum Gasteiger partial charge on any atom is -0.327 e. The number of para-hydroxylation sites is 2. The lowest BCUT2D eigenvalue weighted by Gasteiger charge is -2.11. The summed E-state index contributed by atoms with van der Waals surface area (Å²) in [6, 6.07) is 8.62. The van der Waals surface area contributed by atoms with Crippen LogP contribution in [-0.2, 0) is 13.1 Å². The largest absolute Gasteiger partial charge is 0.327 e. The Labute approximate surface area is 109 Å². The molecule has 1 atom stereocenters. The zero-order valence-corrected chi connectivity index (χ0v) is 11.2. The zero-order valence-electron chi connectivity index (χ0n) is 11.2. The van der Waals surface area contributed by atoms with Crippen LogP contribution in [0.5, 0.6) is 0 Å². The van der Waals surface area contributed by atoms with Gasteiger partial charge in [0.25, 0.3) is 0 Å². The van der Waals surface area contributed by atoms with E-state index in [2.05, 4.69) is 48.5 Å². The maximum Gasteiger partial charge on any atom is 0.123 e. The summed E-state index contributed by atoms with van der Waals surface area (Å²) in [5, 5.41) is 3.41. The third-order valence-electron chi connectivity index (χ3n) is 3.12. The Balaban J connectivity index is 2.30. The molecule has 0 aliphatic carbocycles. The smallest absolute Gasteiger partial charge is 0.123 e. The summed E-state index contributed by atoms with van der Waals surface area (Å²) in [6.45, 7) is 9.87. The van der Waals surface area contributed by atoms with Crippen molar-refractivity contribution in [2.24, 2.45) is 0 Å². The van der Waals surface area contributed by atoms with Crippen LogP contribution >= 0.6 is 0 Å². The molecular weight excluding hydrogens is 222 g/mol. The fourth-order valence-corrected chi connectivity index (χ4v) is 2.07. The van der Waals surface area contributed by atoms with Crippen LogP contribution in [0.15, 0.2) is 36.9 Å². The molecule has 0 aliphatic heterocycles. The summed E-state index contributed by atoms with van der Waals surface area (Å²) in [5.74, 6) is 1.10. The van der Waals surface area contributed by atoms with Crippen LogP contribution in [0.3, 0.4) is 0 Å². The van der Waals surface area contributed by atoms with Crippen molar-refractivity contribution in [3.05, 3.63) is 42.7 Å². The molecule has 3 heteroatoms. The summed E-state index contributed by atoms with van der Waals surface area (Å²) < 4.78 is 2.30. The lowest BCUT2D eigenvalue weighted by atomic mass is 10.3. The van der Waals surface area contributed by atoms with Gasteiger partial charge < -0.3 is 9.88 Å². The van der Waals surface area contributed by atoms with Crippen LogP contribution < -0.4 is 5.32 Å². The van der Waals surface area contributed by atoms with Crippen LogP contribution in [0.25, 0.3) is 11.0 Å². The minimum atomic E-state index is 0.305. The van der Waals surface area contributed by atoms with Crippen molar-refractivity contribution in [1.29, 1.82) is 0 Å². The Morgan fingerprint density at radius 2 is 2.22 bits per heavy atom. The van der Waals surface area contributed by atoms with Crippen molar-refractivity contribution in [2.45, 2.75) is 39.4 Å². The van der Waals surface area contributed by atoms with Crippen molar-refractivity contribution in [3.63, 3.8) is 0 Å². The number of rotatable bonds is 6. The highest BCUT2D eigenvalue weighted by atomic mass is 15.1. The first-order valence-electron chi connectivity index (χ1n) is 6.56. The molecule has 2 aromatic rings. The molecule has 0 radical (unpaired) electrons. The Kier molecular flexibility index (Phi) is 4.15. The van der Waals surface area contributed by atoms with Crippen LogP contribution in [0.2, 0.25) is 0 Å². The molecule has 1 heterocycles. The quantitative estimate of drug-likeness (QED) is 0.790. The highest BCUT2D eigenvalue weighted by Gasteiger charge is 2.09. The third kappa shape index (κ3) is 2.62. The molecule has 1 N–H and O–H groups in total. The number of nitrogens with one attached hydrogen (secondary N) is 1. The number of fused-ring (bicyclic) bond motifs is 1. The highest BCUT2D eigenvalue weighted by molar-refractivity contribution is 5.75. The van der Waals surface area contributed by atoms with Gasteiger partial charge in [-0.3, -0.25) is 0 Å². The van der Waals surface area contributed by atoms with E-state index in [4.69, 9.17) is 4.98 Å². The summed E-state index contributed by atoms with van der Waals surface area (Å²) in [6.07, 6.45) is 3.02. The molecule has 0 spiro atoms. The predicted octanol–water partition coefficient (Wildman–Crippen LogP) is 3.11. The van der Waals surface area contributed by atoms with Gasteiger partial charge >= 0.3 is 0 Å². The molecule has 0 aliphatic rings. The van der Waals surface area contributed by atoms with E-state index in [1.54, 1.807) is 0 Å². The molecule has 0 saturated heterocycles. The summed E-state index contributed by atoms with van der Waals surface area (Å²) in [5.41, 5.74) is 2.30. The van der Waals surface area contributed by atoms with Crippen LogP contribution in [0.1, 0.15) is 26.1 Å². The summed E-state index contributed by atoms with van der Waals surface area (Å²) in [4.78, 5) is 4.70. The fourth-order valence-electron chi connectivity index (χ4n) is 2.07. The maximum absolute atomic E-state index is 4.70. The molecule has 1 unspecified atom stereocenters. The summed E-state index contributed by atoms with van der Waals surface area (Å²) in [7, 11) is 0. The van der Waals surface area contributed by atoms with E-state index < -0.39 is 0 Å². The standard InChI is InChI=1S/C15H21N3/c1-4-10-18-14-9-7-6-8-13(14)17-15(18)11-16-12(3)5-2/h5-9,12,16H,2,4,10-11H2,1,3H3. The topological polar surface area (TPSA) is 29.9 Å². The first kappa shape index (κ1) is 12.8. The monoisotopic (exact) mass is 243 g/mol. The first-order valence-corrected chi connectivity index (χ1v) is 6.56. The Bertz CT molecular complexity index is 528. The van der Waals surface area contributed by atoms with Crippen molar-refractivity contribution in [2.75, 3.05) is 0 Å². The molecule has 96 valence electrons. The van der Waals surface area contributed by atoms with Crippen LogP contribution in [-0.4, -0.2) is 15.6 Å². The van der Waals surface area contributed by atoms with Gasteiger partial charge in [0.15, 0.2) is 0 Å². The lowest BCUT2D eigenvalue weighted by molar-refractivity contribution is 0.573. The van der Waals surface area contributed by atoms with Gasteiger partial charge in [-0.1, -0.05) is 25.1 Å². The van der Waals surface area contributed by atoms with Crippen molar-refractivity contribution < 1.29 is 0 Å². The normalized spacial score (nSPS) is 12.8. The number of hydrogen-bond acceptors (Lipinski definition) is 2. The fraction of sp³-hybridized carbons (Fsp3) is 0.400. The van der Waals surface area contributed by atoms with Crippen molar-refractivity contribution >= 4 is 11.0 Å². The molecule has 18 heavy (non-hydrogen) atoms. The second-order valence-electron chi connectivity index (χ2n) is 4.57. The van der Waals surface area contributed by atoms with Gasteiger partial charge in [-0.2, -0.15) is 0 Å². The van der Waals surface area contributed by atoms with Crippen LogP contribution in [0, 0.1) is 0 Å². The zero-order chi connectivity index (χ0) is 13.0. The van der Waals surface area contributed by atoms with Crippen LogP contribution in [0.4, 0.5) is 0 Å². The molecule has 1 aromatic carbocycles. The Morgan fingerprint density at radius 1 is 1.44 bits per heavy atom. The maximum atomic E-state index is 4.70. The first-order chi connectivity index (χ1) is 8.76. The van der Waals surface area contributed by atoms with E-state index in [9.17, 15) is 0 Å². The van der Waals surface area contributed by atoms with E-state index in [0.717, 1.165) is 30.9 Å². The minimum absolute atomic E-state index is 0.305. The number of benzene rings is 1. The second kappa shape index (κ2) is 5.83. The molecule has 0 saturated carbocycles. The number of imidazole rings is 1. The van der Waals surface area contributed by atoms with E-state index >= 15 is 0 Å². The van der Waals surface area contributed by atoms with Gasteiger partial charge in [0.05, 0.1) is 17.6 Å². The average molecular weight is 243 g/mol. The van der Waals surface area contributed by atoms with Gasteiger partial charge in [0, 0.05) is 12.6 Å². The number of aryl methyl sites for hydroxylation is 1. The van der Waals surface area contributed by atoms with E-state index in [1.807, 2.05) is 12.1 Å². The molecular formula is C15H21N3. The van der Waals surface area contributed by atoms with Crippen molar-refractivity contribution in [3.8, 4) is 0 Å². The second-order valence-corrected chi connectivity index (χ2v) is 4.57. The average Bonchev–Trinajstić information content (AvgIpc) is 2.75.